The number of hydrogen-bond acceptors (Lipinski definition) is 5. The van der Waals surface area contributed by atoms with Gasteiger partial charge in [0.2, 0.25) is 5.88 Å². The summed E-state index contributed by atoms with van der Waals surface area (Å²) in [4.78, 5) is 14.6. The fourth-order valence-electron chi connectivity index (χ4n) is 1.05. The molecule has 0 saturated heterocycles. The molecule has 1 aromatic rings. The van der Waals surface area contributed by atoms with Crippen LogP contribution >= 0.6 is 0 Å². The third-order valence-corrected chi connectivity index (χ3v) is 1.64. The summed E-state index contributed by atoms with van der Waals surface area (Å²) >= 11 is 0. The molecule has 1 aromatic heterocycles. The number of nitrogens with zero attached hydrogens (tertiary/aromatic N) is 2. The van der Waals surface area contributed by atoms with Gasteiger partial charge < -0.3 is 9.47 Å². The van der Waals surface area contributed by atoms with Gasteiger partial charge in [-0.15, -0.1) is 13.2 Å². The van der Waals surface area contributed by atoms with Crippen LogP contribution in [0, 0.1) is 11.3 Å². The lowest BCUT2D eigenvalue weighted by molar-refractivity contribution is -0.276. The normalized spacial score (nSPS) is 10.6. The van der Waals surface area contributed by atoms with E-state index in [2.05, 4.69) is 14.5 Å². The second-order valence-corrected chi connectivity index (χ2v) is 2.96. The molecule has 0 atom stereocenters. The Morgan fingerprint density at radius 3 is 2.67 bits per heavy atom. The molecule has 18 heavy (non-hydrogen) atoms. The first kappa shape index (κ1) is 13.8. The molecule has 0 amide bonds. The van der Waals surface area contributed by atoms with Gasteiger partial charge in [-0.1, -0.05) is 0 Å². The van der Waals surface area contributed by atoms with Gasteiger partial charge in [-0.3, -0.25) is 0 Å². The van der Waals surface area contributed by atoms with E-state index < -0.39 is 23.9 Å². The predicted octanol–water partition coefficient (Wildman–Crippen LogP) is 2.03. The zero-order valence-corrected chi connectivity index (χ0v) is 9.11. The highest BCUT2D eigenvalue weighted by Gasteiger charge is 2.32. The van der Waals surface area contributed by atoms with Gasteiger partial charge in [0.25, 0.3) is 0 Å². The maximum Gasteiger partial charge on any atom is 0.574 e. The van der Waals surface area contributed by atoms with E-state index >= 15 is 0 Å². The van der Waals surface area contributed by atoms with Crippen molar-refractivity contribution in [1.82, 2.24) is 4.98 Å². The molecular formula is C10H7F3N2O3. The quantitative estimate of drug-likeness (QED) is 0.777. The minimum Gasteiger partial charge on any atom is -0.461 e. The van der Waals surface area contributed by atoms with Gasteiger partial charge in [-0.2, -0.15) is 5.26 Å². The van der Waals surface area contributed by atoms with Crippen molar-refractivity contribution in [1.29, 1.82) is 5.26 Å². The molecule has 0 aliphatic carbocycles. The lowest BCUT2D eigenvalue weighted by atomic mass is 10.2. The van der Waals surface area contributed by atoms with Crippen LogP contribution in [0.25, 0.3) is 0 Å². The molecule has 0 aromatic carbocycles. The molecule has 0 saturated carbocycles. The number of rotatable bonds is 3. The zero-order chi connectivity index (χ0) is 13.8. The first-order valence-electron chi connectivity index (χ1n) is 4.70. The Balaban J connectivity index is 3.10. The summed E-state index contributed by atoms with van der Waals surface area (Å²) in [5.41, 5.74) is -0.609. The Kier molecular flexibility index (Phi) is 4.09. The Hall–Kier alpha value is -2.30. The summed E-state index contributed by atoms with van der Waals surface area (Å²) in [6.45, 7) is 1.56. The Labute approximate surface area is 99.8 Å². The second-order valence-electron chi connectivity index (χ2n) is 2.96. The van der Waals surface area contributed by atoms with E-state index in [0.717, 1.165) is 12.1 Å². The summed E-state index contributed by atoms with van der Waals surface area (Å²) in [5, 5.41) is 8.63. The van der Waals surface area contributed by atoms with E-state index in [-0.39, 0.29) is 12.2 Å². The maximum absolute atomic E-state index is 12.0. The fourth-order valence-corrected chi connectivity index (χ4v) is 1.05. The number of nitriles is 1. The Morgan fingerprint density at radius 1 is 1.50 bits per heavy atom. The molecule has 0 bridgehead atoms. The minimum absolute atomic E-state index is 0.0345. The molecule has 8 heteroatoms. The van der Waals surface area contributed by atoms with Crippen molar-refractivity contribution in [3.8, 4) is 11.9 Å². The van der Waals surface area contributed by atoms with Crippen LogP contribution in [0.15, 0.2) is 12.1 Å². The van der Waals surface area contributed by atoms with Crippen LogP contribution in [0.5, 0.6) is 5.88 Å². The number of aromatic nitrogens is 1. The van der Waals surface area contributed by atoms with Crippen LogP contribution < -0.4 is 4.74 Å². The summed E-state index contributed by atoms with van der Waals surface area (Å²) in [5.74, 6) is -1.81. The monoisotopic (exact) mass is 260 g/mol. The highest BCUT2D eigenvalue weighted by atomic mass is 19.4. The van der Waals surface area contributed by atoms with Crippen LogP contribution in [0.1, 0.15) is 23.0 Å². The highest BCUT2D eigenvalue weighted by Crippen LogP contribution is 2.22. The molecule has 0 fully saturated rings. The topological polar surface area (TPSA) is 72.2 Å². The second kappa shape index (κ2) is 5.35. The molecule has 0 spiro atoms. The van der Waals surface area contributed by atoms with Gasteiger partial charge in [-0.05, 0) is 13.0 Å². The lowest BCUT2D eigenvalue weighted by Gasteiger charge is -2.09. The van der Waals surface area contributed by atoms with Crippen LogP contribution in [-0.4, -0.2) is 23.9 Å². The average molecular weight is 260 g/mol. The predicted molar refractivity (Wildman–Crippen MR) is 51.6 cm³/mol. The average Bonchev–Trinajstić information content (AvgIpc) is 2.26. The van der Waals surface area contributed by atoms with Gasteiger partial charge in [0.1, 0.15) is 0 Å². The van der Waals surface area contributed by atoms with Crippen LogP contribution in [0.3, 0.4) is 0 Å². The summed E-state index contributed by atoms with van der Waals surface area (Å²) in [7, 11) is 0. The van der Waals surface area contributed by atoms with Crippen molar-refractivity contribution in [2.75, 3.05) is 6.61 Å². The van der Waals surface area contributed by atoms with Gasteiger partial charge in [0.05, 0.1) is 18.2 Å². The van der Waals surface area contributed by atoms with E-state index in [1.54, 1.807) is 6.07 Å². The molecule has 0 aliphatic heterocycles. The largest absolute Gasteiger partial charge is 0.574 e. The number of halogens is 3. The third kappa shape index (κ3) is 3.93. The number of esters is 1. The Bertz CT molecular complexity index is 494. The van der Waals surface area contributed by atoms with Crippen molar-refractivity contribution < 1.29 is 27.4 Å². The summed E-state index contributed by atoms with van der Waals surface area (Å²) in [6.07, 6.45) is -4.95. The Morgan fingerprint density at radius 2 is 2.17 bits per heavy atom. The smallest absolute Gasteiger partial charge is 0.461 e. The zero-order valence-electron chi connectivity index (χ0n) is 9.11. The highest BCUT2D eigenvalue weighted by molar-refractivity contribution is 5.87. The first-order valence-corrected chi connectivity index (χ1v) is 4.70. The van der Waals surface area contributed by atoms with Crippen molar-refractivity contribution in [3.63, 3.8) is 0 Å². The van der Waals surface area contributed by atoms with E-state index in [1.807, 2.05) is 0 Å². The van der Waals surface area contributed by atoms with Crippen molar-refractivity contribution in [3.05, 3.63) is 23.4 Å². The van der Waals surface area contributed by atoms with Crippen molar-refractivity contribution in [2.45, 2.75) is 13.3 Å². The van der Waals surface area contributed by atoms with Gasteiger partial charge in [0.15, 0.2) is 5.69 Å². The molecule has 96 valence electrons. The SMILES string of the molecule is CCOC(=O)c1cc(C#N)cc(OC(F)(F)F)n1. The number of alkyl halides is 3. The van der Waals surface area contributed by atoms with Crippen LogP contribution in [0.2, 0.25) is 0 Å². The van der Waals surface area contributed by atoms with Crippen LogP contribution in [0.4, 0.5) is 13.2 Å². The fraction of sp³-hybridized carbons (Fsp3) is 0.300. The lowest BCUT2D eigenvalue weighted by Crippen LogP contribution is -2.19. The number of hydrogen-bond donors (Lipinski definition) is 0. The van der Waals surface area contributed by atoms with Gasteiger partial charge >= 0.3 is 12.3 Å². The van der Waals surface area contributed by atoms with Crippen molar-refractivity contribution in [2.24, 2.45) is 0 Å². The minimum atomic E-state index is -4.95. The summed E-state index contributed by atoms with van der Waals surface area (Å²) in [6, 6.07) is 3.38. The van der Waals surface area contributed by atoms with E-state index in [0.29, 0.717) is 0 Å². The van der Waals surface area contributed by atoms with Gasteiger partial charge in [-0.25, -0.2) is 9.78 Å². The summed E-state index contributed by atoms with van der Waals surface area (Å²) < 4.78 is 44.1. The molecular weight excluding hydrogens is 253 g/mol. The maximum atomic E-state index is 12.0. The van der Waals surface area contributed by atoms with E-state index in [4.69, 9.17) is 5.26 Å². The standard InChI is InChI=1S/C10H7F3N2O3/c1-2-17-9(16)7-3-6(5-14)4-8(15-7)18-10(11,12)13/h3-4H,2H2,1H3. The molecule has 0 N–H and O–H groups in total. The molecule has 1 rings (SSSR count). The molecule has 5 nitrogen and oxygen atoms in total. The number of carbonyl (C=O) groups excluding carboxylic acids is 1. The number of pyridine rings is 1. The van der Waals surface area contributed by atoms with E-state index in [1.165, 1.54) is 6.92 Å². The first-order chi connectivity index (χ1) is 8.35. The van der Waals surface area contributed by atoms with Crippen LogP contribution in [-0.2, 0) is 4.74 Å². The molecule has 0 radical (unpaired) electrons. The van der Waals surface area contributed by atoms with Gasteiger partial charge in [0, 0.05) is 6.07 Å². The number of carbonyl (C=O) groups is 1. The molecule has 0 unspecified atom stereocenters. The molecule has 0 aliphatic rings. The van der Waals surface area contributed by atoms with E-state index in [9.17, 15) is 18.0 Å². The molecule has 1 heterocycles. The van der Waals surface area contributed by atoms with Crippen molar-refractivity contribution >= 4 is 5.97 Å². The third-order valence-electron chi connectivity index (χ3n) is 1.64. The number of ether oxygens (including phenoxy) is 2.